The Morgan fingerprint density at radius 2 is 2.62 bits per heavy atom. The summed E-state index contributed by atoms with van der Waals surface area (Å²) in [5.74, 6) is -0.727. The second kappa shape index (κ2) is 3.43. The Kier molecular flexibility index (Phi) is 2.28. The molecule has 1 fully saturated rings. The number of hydrogen-bond donors (Lipinski definition) is 2. The van der Waals surface area contributed by atoms with E-state index in [2.05, 4.69) is 10.3 Å². The van der Waals surface area contributed by atoms with Gasteiger partial charge >= 0.3 is 5.97 Å². The predicted octanol–water partition coefficient (Wildman–Crippen LogP) is 0.673. The third-order valence-corrected chi connectivity index (χ3v) is 3.16. The van der Waals surface area contributed by atoms with E-state index >= 15 is 0 Å². The van der Waals surface area contributed by atoms with Crippen molar-refractivity contribution >= 4 is 17.3 Å². The first-order chi connectivity index (χ1) is 6.29. The number of carbonyl (C=O) groups is 1. The predicted molar refractivity (Wildman–Crippen MR) is 48.9 cm³/mol. The van der Waals surface area contributed by atoms with Crippen molar-refractivity contribution in [1.82, 2.24) is 10.3 Å². The van der Waals surface area contributed by atoms with Gasteiger partial charge < -0.3 is 10.4 Å². The highest BCUT2D eigenvalue weighted by atomic mass is 32.1. The number of hydrogen-bond acceptors (Lipinski definition) is 4. The summed E-state index contributed by atoms with van der Waals surface area (Å²) in [5, 5.41) is 14.7. The largest absolute Gasteiger partial charge is 0.480 e. The maximum absolute atomic E-state index is 10.8. The molecule has 0 amide bonds. The fraction of sp³-hybridized carbons (Fsp3) is 0.500. The second-order valence-corrected chi connectivity index (χ2v) is 3.96. The van der Waals surface area contributed by atoms with Crippen LogP contribution in [0, 0.1) is 0 Å². The van der Waals surface area contributed by atoms with E-state index in [0.717, 1.165) is 18.0 Å². The minimum Gasteiger partial charge on any atom is -0.480 e. The minimum atomic E-state index is -0.780. The van der Waals surface area contributed by atoms with Gasteiger partial charge in [-0.15, -0.1) is 11.3 Å². The zero-order valence-corrected chi connectivity index (χ0v) is 7.75. The molecule has 0 saturated carbocycles. The molecule has 1 aliphatic rings. The van der Waals surface area contributed by atoms with Crippen molar-refractivity contribution in [3.05, 3.63) is 16.6 Å². The first-order valence-corrected chi connectivity index (χ1v) is 5.02. The first kappa shape index (κ1) is 8.65. The van der Waals surface area contributed by atoms with E-state index in [1.165, 1.54) is 11.3 Å². The molecule has 1 aromatic heterocycles. The molecule has 0 bridgehead atoms. The quantitative estimate of drug-likeness (QED) is 0.733. The fourth-order valence-electron chi connectivity index (χ4n) is 1.65. The minimum absolute atomic E-state index is 0.0532. The van der Waals surface area contributed by atoms with Gasteiger partial charge in [-0.3, -0.25) is 4.79 Å². The fourth-order valence-corrected chi connectivity index (χ4v) is 2.46. The third kappa shape index (κ3) is 1.57. The van der Waals surface area contributed by atoms with Gasteiger partial charge in [0.1, 0.15) is 6.04 Å². The summed E-state index contributed by atoms with van der Waals surface area (Å²) in [7, 11) is 0. The van der Waals surface area contributed by atoms with E-state index in [4.69, 9.17) is 5.11 Å². The molecule has 4 nitrogen and oxygen atoms in total. The van der Waals surface area contributed by atoms with Crippen LogP contribution in [0.25, 0.3) is 0 Å². The van der Waals surface area contributed by atoms with E-state index in [-0.39, 0.29) is 5.92 Å². The third-order valence-electron chi connectivity index (χ3n) is 2.26. The molecule has 0 aromatic carbocycles. The molecule has 2 N–H and O–H groups in total. The maximum Gasteiger partial charge on any atom is 0.321 e. The SMILES string of the molecule is O=C(O)C1NCCC1c1nccs1. The zero-order chi connectivity index (χ0) is 9.26. The average molecular weight is 198 g/mol. The van der Waals surface area contributed by atoms with Crippen molar-refractivity contribution in [3.8, 4) is 0 Å². The van der Waals surface area contributed by atoms with Crippen LogP contribution in [0.3, 0.4) is 0 Å². The summed E-state index contributed by atoms with van der Waals surface area (Å²) in [6.07, 6.45) is 2.59. The molecule has 1 saturated heterocycles. The number of rotatable bonds is 2. The topological polar surface area (TPSA) is 62.2 Å². The highest BCUT2D eigenvalue weighted by Crippen LogP contribution is 2.28. The van der Waals surface area contributed by atoms with Crippen molar-refractivity contribution in [1.29, 1.82) is 0 Å². The van der Waals surface area contributed by atoms with Crippen LogP contribution in [0.1, 0.15) is 17.3 Å². The summed E-state index contributed by atoms with van der Waals surface area (Å²) in [6, 6.07) is -0.453. The van der Waals surface area contributed by atoms with Gasteiger partial charge in [0.15, 0.2) is 0 Å². The lowest BCUT2D eigenvalue weighted by Crippen LogP contribution is -2.34. The normalized spacial score (nSPS) is 27.7. The standard InChI is InChI=1S/C8H10N2O2S/c11-8(12)6-5(1-2-9-6)7-10-3-4-13-7/h3-6,9H,1-2H2,(H,11,12). The van der Waals surface area contributed by atoms with Gasteiger partial charge in [0.05, 0.1) is 5.01 Å². The van der Waals surface area contributed by atoms with Crippen LogP contribution in [0.15, 0.2) is 11.6 Å². The van der Waals surface area contributed by atoms with Crippen LogP contribution in [-0.4, -0.2) is 28.6 Å². The Balaban J connectivity index is 2.19. The van der Waals surface area contributed by atoms with Crippen LogP contribution >= 0.6 is 11.3 Å². The molecule has 2 rings (SSSR count). The van der Waals surface area contributed by atoms with Gasteiger partial charge in [0.25, 0.3) is 0 Å². The number of carboxylic acid groups (broad SMARTS) is 1. The lowest BCUT2D eigenvalue weighted by atomic mass is 10.0. The van der Waals surface area contributed by atoms with Crippen LogP contribution in [0.2, 0.25) is 0 Å². The maximum atomic E-state index is 10.8. The summed E-state index contributed by atoms with van der Waals surface area (Å²) >= 11 is 1.53. The number of nitrogens with one attached hydrogen (secondary N) is 1. The van der Waals surface area contributed by atoms with E-state index in [1.54, 1.807) is 6.20 Å². The monoisotopic (exact) mass is 198 g/mol. The summed E-state index contributed by atoms with van der Waals surface area (Å²) in [4.78, 5) is 15.0. The Bertz CT molecular complexity index is 299. The Hall–Kier alpha value is -0.940. The van der Waals surface area contributed by atoms with E-state index in [9.17, 15) is 4.79 Å². The van der Waals surface area contributed by atoms with Gasteiger partial charge in [-0.1, -0.05) is 0 Å². The lowest BCUT2D eigenvalue weighted by molar-refractivity contribution is -0.139. The number of aliphatic carboxylic acids is 1. The lowest BCUT2D eigenvalue weighted by Gasteiger charge is -2.11. The van der Waals surface area contributed by atoms with E-state index < -0.39 is 12.0 Å². The van der Waals surface area contributed by atoms with Gasteiger partial charge in [-0.2, -0.15) is 0 Å². The Morgan fingerprint density at radius 1 is 1.77 bits per heavy atom. The molecule has 2 atom stereocenters. The molecule has 0 spiro atoms. The molecule has 0 aliphatic carbocycles. The molecule has 2 unspecified atom stereocenters. The molecule has 13 heavy (non-hydrogen) atoms. The van der Waals surface area contributed by atoms with Crippen molar-refractivity contribution in [3.63, 3.8) is 0 Å². The summed E-state index contributed by atoms with van der Waals surface area (Å²) in [6.45, 7) is 0.765. The van der Waals surface area contributed by atoms with Gasteiger partial charge in [-0.25, -0.2) is 4.98 Å². The molecule has 70 valence electrons. The molecule has 1 aliphatic heterocycles. The van der Waals surface area contributed by atoms with E-state index in [1.807, 2.05) is 5.38 Å². The molecule has 5 heteroatoms. The van der Waals surface area contributed by atoms with Crippen LogP contribution in [0.5, 0.6) is 0 Å². The van der Waals surface area contributed by atoms with Crippen LogP contribution < -0.4 is 5.32 Å². The Morgan fingerprint density at radius 3 is 3.23 bits per heavy atom. The van der Waals surface area contributed by atoms with Crippen LogP contribution in [0.4, 0.5) is 0 Å². The summed E-state index contributed by atoms with van der Waals surface area (Å²) < 4.78 is 0. The highest BCUT2D eigenvalue weighted by molar-refractivity contribution is 7.09. The van der Waals surface area contributed by atoms with Gasteiger partial charge in [0.2, 0.25) is 0 Å². The zero-order valence-electron chi connectivity index (χ0n) is 6.93. The van der Waals surface area contributed by atoms with Crippen molar-refractivity contribution < 1.29 is 9.90 Å². The molecular weight excluding hydrogens is 188 g/mol. The Labute approximate surface area is 79.6 Å². The van der Waals surface area contributed by atoms with Gasteiger partial charge in [-0.05, 0) is 13.0 Å². The van der Waals surface area contributed by atoms with Crippen LogP contribution in [-0.2, 0) is 4.79 Å². The smallest absolute Gasteiger partial charge is 0.321 e. The molecule has 1 aromatic rings. The van der Waals surface area contributed by atoms with Gasteiger partial charge in [0, 0.05) is 17.5 Å². The molecule has 0 radical (unpaired) electrons. The number of aromatic nitrogens is 1. The van der Waals surface area contributed by atoms with Crippen molar-refractivity contribution in [2.75, 3.05) is 6.54 Å². The molecule has 2 heterocycles. The number of nitrogens with zero attached hydrogens (tertiary/aromatic N) is 1. The summed E-state index contributed by atoms with van der Waals surface area (Å²) in [5.41, 5.74) is 0. The van der Waals surface area contributed by atoms with E-state index in [0.29, 0.717) is 0 Å². The highest BCUT2D eigenvalue weighted by Gasteiger charge is 2.34. The average Bonchev–Trinajstić information content (AvgIpc) is 2.74. The number of carboxylic acids is 1. The van der Waals surface area contributed by atoms with Crippen molar-refractivity contribution in [2.24, 2.45) is 0 Å². The number of thiazole rings is 1. The second-order valence-electron chi connectivity index (χ2n) is 3.04. The molecular formula is C8H10N2O2S. The van der Waals surface area contributed by atoms with Crippen molar-refractivity contribution in [2.45, 2.75) is 18.4 Å². The first-order valence-electron chi connectivity index (χ1n) is 4.14.